The standard InChI is InChI=1S/C21H22N2O5/c24-18(10-11-23-20(25)16-8-4-5-9-17(16)21(23)26)27-12-15-13-28-19(22-15)14-6-2-1-3-7-14/h1-3,6-7,13,16-17H,4-5,8-12H2/t16-,17-/m0/s1. The molecule has 7 heteroatoms. The molecule has 2 heterocycles. The van der Waals surface area contributed by atoms with E-state index in [-0.39, 0.29) is 43.2 Å². The fraction of sp³-hybridized carbons (Fsp3) is 0.429. The molecule has 2 amide bonds. The fourth-order valence-corrected chi connectivity index (χ4v) is 3.97. The van der Waals surface area contributed by atoms with Gasteiger partial charge in [-0.05, 0) is 25.0 Å². The van der Waals surface area contributed by atoms with Gasteiger partial charge in [0, 0.05) is 12.1 Å². The van der Waals surface area contributed by atoms with Gasteiger partial charge in [-0.2, -0.15) is 0 Å². The van der Waals surface area contributed by atoms with Gasteiger partial charge in [-0.3, -0.25) is 19.3 Å². The average molecular weight is 382 g/mol. The zero-order valence-corrected chi connectivity index (χ0v) is 15.5. The Hall–Kier alpha value is -2.96. The Labute approximate surface area is 162 Å². The zero-order chi connectivity index (χ0) is 19.5. The van der Waals surface area contributed by atoms with E-state index in [9.17, 15) is 14.4 Å². The van der Waals surface area contributed by atoms with Crippen LogP contribution in [0.3, 0.4) is 0 Å². The summed E-state index contributed by atoms with van der Waals surface area (Å²) in [5.41, 5.74) is 1.35. The van der Waals surface area contributed by atoms with E-state index in [1.165, 1.54) is 11.2 Å². The first-order valence-electron chi connectivity index (χ1n) is 9.64. The van der Waals surface area contributed by atoms with Crippen LogP contribution in [0.5, 0.6) is 0 Å². The minimum Gasteiger partial charge on any atom is -0.459 e. The fourth-order valence-electron chi connectivity index (χ4n) is 3.97. The molecule has 2 aliphatic rings. The number of amides is 2. The Morgan fingerprint density at radius 2 is 1.79 bits per heavy atom. The van der Waals surface area contributed by atoms with Gasteiger partial charge in [0.2, 0.25) is 17.7 Å². The molecule has 0 unspecified atom stereocenters. The summed E-state index contributed by atoms with van der Waals surface area (Å²) in [6.45, 7) is 0.0693. The number of imide groups is 1. The number of oxazole rings is 1. The predicted molar refractivity (Wildman–Crippen MR) is 98.5 cm³/mol. The molecule has 1 aromatic heterocycles. The van der Waals surface area contributed by atoms with Crippen molar-refractivity contribution in [1.82, 2.24) is 9.88 Å². The molecule has 1 saturated carbocycles. The lowest BCUT2D eigenvalue weighted by Crippen LogP contribution is -2.33. The maximum absolute atomic E-state index is 12.4. The van der Waals surface area contributed by atoms with E-state index in [1.807, 2.05) is 30.3 Å². The number of esters is 1. The van der Waals surface area contributed by atoms with E-state index in [0.29, 0.717) is 11.6 Å². The van der Waals surface area contributed by atoms with Gasteiger partial charge in [-0.25, -0.2) is 4.98 Å². The molecule has 1 aliphatic heterocycles. The lowest BCUT2D eigenvalue weighted by Gasteiger charge is -2.19. The highest BCUT2D eigenvalue weighted by molar-refractivity contribution is 6.05. The van der Waals surface area contributed by atoms with Crippen molar-refractivity contribution in [3.8, 4) is 11.5 Å². The summed E-state index contributed by atoms with van der Waals surface area (Å²) in [5.74, 6) is -0.659. The van der Waals surface area contributed by atoms with E-state index in [0.717, 1.165) is 31.2 Å². The van der Waals surface area contributed by atoms with Crippen molar-refractivity contribution in [2.24, 2.45) is 11.8 Å². The summed E-state index contributed by atoms with van der Waals surface area (Å²) >= 11 is 0. The molecule has 0 bridgehead atoms. The summed E-state index contributed by atoms with van der Waals surface area (Å²) in [6, 6.07) is 9.43. The van der Waals surface area contributed by atoms with E-state index >= 15 is 0 Å². The van der Waals surface area contributed by atoms with Gasteiger partial charge >= 0.3 is 5.97 Å². The first-order valence-corrected chi connectivity index (χ1v) is 9.64. The molecule has 4 rings (SSSR count). The molecule has 1 aliphatic carbocycles. The summed E-state index contributed by atoms with van der Waals surface area (Å²) < 4.78 is 10.6. The molecule has 2 fully saturated rings. The smallest absolute Gasteiger partial charge is 0.307 e. The number of ether oxygens (including phenoxy) is 1. The van der Waals surface area contributed by atoms with Gasteiger partial charge in [0.05, 0.1) is 18.3 Å². The summed E-state index contributed by atoms with van der Waals surface area (Å²) in [4.78, 5) is 42.4. The van der Waals surface area contributed by atoms with Crippen LogP contribution >= 0.6 is 0 Å². The van der Waals surface area contributed by atoms with Crippen LogP contribution in [-0.2, 0) is 25.7 Å². The third kappa shape index (κ3) is 3.69. The van der Waals surface area contributed by atoms with Crippen LogP contribution in [0, 0.1) is 11.8 Å². The molecule has 28 heavy (non-hydrogen) atoms. The molecule has 7 nitrogen and oxygen atoms in total. The molecule has 1 saturated heterocycles. The third-order valence-corrected chi connectivity index (χ3v) is 5.43. The predicted octanol–water partition coefficient (Wildman–Crippen LogP) is 2.95. The van der Waals surface area contributed by atoms with Crippen molar-refractivity contribution in [1.29, 1.82) is 0 Å². The van der Waals surface area contributed by atoms with Crippen LogP contribution in [-0.4, -0.2) is 34.2 Å². The maximum atomic E-state index is 12.4. The highest BCUT2D eigenvalue weighted by atomic mass is 16.5. The van der Waals surface area contributed by atoms with Crippen LogP contribution in [0.25, 0.3) is 11.5 Å². The lowest BCUT2D eigenvalue weighted by molar-refractivity contribution is -0.146. The molecule has 2 atom stereocenters. The number of hydrogen-bond acceptors (Lipinski definition) is 6. The number of carbonyl (C=O) groups excluding carboxylic acids is 3. The average Bonchev–Trinajstić information content (AvgIpc) is 3.30. The monoisotopic (exact) mass is 382 g/mol. The van der Waals surface area contributed by atoms with Gasteiger partial charge in [0.1, 0.15) is 18.6 Å². The number of carbonyl (C=O) groups is 3. The molecule has 146 valence electrons. The van der Waals surface area contributed by atoms with E-state index < -0.39 is 5.97 Å². The Morgan fingerprint density at radius 1 is 1.11 bits per heavy atom. The van der Waals surface area contributed by atoms with Gasteiger partial charge in [0.15, 0.2) is 0 Å². The van der Waals surface area contributed by atoms with Gasteiger partial charge < -0.3 is 9.15 Å². The Morgan fingerprint density at radius 3 is 2.46 bits per heavy atom. The Kier molecular flexibility index (Phi) is 5.23. The minimum absolute atomic E-state index is 0.0116. The van der Waals surface area contributed by atoms with Crippen molar-refractivity contribution in [2.45, 2.75) is 38.7 Å². The molecule has 0 radical (unpaired) electrons. The first-order chi connectivity index (χ1) is 13.6. The number of fused-ring (bicyclic) bond motifs is 1. The van der Waals surface area contributed by atoms with Crippen LogP contribution in [0.1, 0.15) is 37.8 Å². The van der Waals surface area contributed by atoms with Crippen molar-refractivity contribution >= 4 is 17.8 Å². The topological polar surface area (TPSA) is 89.7 Å². The minimum atomic E-state index is -0.472. The number of aromatic nitrogens is 1. The highest BCUT2D eigenvalue weighted by Gasteiger charge is 2.47. The van der Waals surface area contributed by atoms with Gasteiger partial charge in [-0.15, -0.1) is 0 Å². The van der Waals surface area contributed by atoms with Gasteiger partial charge in [-0.1, -0.05) is 31.0 Å². The number of nitrogens with zero attached hydrogens (tertiary/aromatic N) is 2. The Bertz CT molecular complexity index is 852. The number of hydrogen-bond donors (Lipinski definition) is 0. The highest BCUT2D eigenvalue weighted by Crippen LogP contribution is 2.37. The third-order valence-electron chi connectivity index (χ3n) is 5.43. The van der Waals surface area contributed by atoms with Crippen molar-refractivity contribution < 1.29 is 23.5 Å². The second-order valence-corrected chi connectivity index (χ2v) is 7.25. The summed E-state index contributed by atoms with van der Waals surface area (Å²) in [7, 11) is 0. The van der Waals surface area contributed by atoms with Crippen LogP contribution in [0.4, 0.5) is 0 Å². The first kappa shape index (κ1) is 18.4. The Balaban J connectivity index is 1.27. The van der Waals surface area contributed by atoms with E-state index in [4.69, 9.17) is 9.15 Å². The van der Waals surface area contributed by atoms with Gasteiger partial charge in [0.25, 0.3) is 0 Å². The number of likely N-dealkylation sites (tertiary alicyclic amines) is 1. The van der Waals surface area contributed by atoms with Crippen LogP contribution in [0.15, 0.2) is 41.0 Å². The number of rotatable bonds is 6. The lowest BCUT2D eigenvalue weighted by atomic mass is 9.81. The van der Waals surface area contributed by atoms with Crippen LogP contribution < -0.4 is 0 Å². The molecule has 0 N–H and O–H groups in total. The second-order valence-electron chi connectivity index (χ2n) is 7.25. The summed E-state index contributed by atoms with van der Waals surface area (Å²) in [6.07, 6.45) is 4.95. The van der Waals surface area contributed by atoms with Crippen molar-refractivity contribution in [3.63, 3.8) is 0 Å². The SMILES string of the molecule is O=C(CCN1C(=O)[C@H]2CCCC[C@@H]2C1=O)OCc1coc(-c2ccccc2)n1. The van der Waals surface area contributed by atoms with Crippen LogP contribution in [0.2, 0.25) is 0 Å². The molecular formula is C21H22N2O5. The van der Waals surface area contributed by atoms with Crippen molar-refractivity contribution in [3.05, 3.63) is 42.3 Å². The largest absolute Gasteiger partial charge is 0.459 e. The van der Waals surface area contributed by atoms with Crippen molar-refractivity contribution in [2.75, 3.05) is 6.54 Å². The molecular weight excluding hydrogens is 360 g/mol. The quantitative estimate of drug-likeness (QED) is 0.564. The van der Waals surface area contributed by atoms with E-state index in [1.54, 1.807) is 0 Å². The zero-order valence-electron chi connectivity index (χ0n) is 15.5. The maximum Gasteiger partial charge on any atom is 0.307 e. The normalized spacial score (nSPS) is 21.6. The van der Waals surface area contributed by atoms with E-state index in [2.05, 4.69) is 4.98 Å². The number of benzene rings is 1. The molecule has 1 aromatic carbocycles. The molecule has 0 spiro atoms. The molecule has 2 aromatic rings. The second kappa shape index (κ2) is 7.96. The summed E-state index contributed by atoms with van der Waals surface area (Å²) in [5, 5.41) is 0.